The van der Waals surface area contributed by atoms with Crippen molar-refractivity contribution in [3.63, 3.8) is 0 Å². The Balaban J connectivity index is 0.00000433. The summed E-state index contributed by atoms with van der Waals surface area (Å²) in [6, 6.07) is 25.0. The zero-order valence-corrected chi connectivity index (χ0v) is 32.3. The molecular formula is C43H63Cl2N3O2. The van der Waals surface area contributed by atoms with E-state index in [2.05, 4.69) is 58.9 Å². The number of halogens is 2. The van der Waals surface area contributed by atoms with Gasteiger partial charge < -0.3 is 9.30 Å². The van der Waals surface area contributed by atoms with Gasteiger partial charge in [0.2, 0.25) is 5.43 Å². The Kier molecular flexibility index (Phi) is 21.9. The minimum atomic E-state index is -0.439. The predicted octanol–water partition coefficient (Wildman–Crippen LogP) is 11.4. The Morgan fingerprint density at radius 3 is 1.72 bits per heavy atom. The SMILES string of the molecule is CCCCCCCCCCCCCCCCCCOc1cn(Cc2ccccc2)c(CN2CCC(C#N)(c3ccccc3)CC2)cc1=O.Cl.Cl. The van der Waals surface area contributed by atoms with Crippen molar-refractivity contribution in [2.24, 2.45) is 0 Å². The summed E-state index contributed by atoms with van der Waals surface area (Å²) < 4.78 is 8.27. The van der Waals surface area contributed by atoms with Crippen molar-refractivity contribution >= 4 is 24.8 Å². The van der Waals surface area contributed by atoms with Crippen LogP contribution in [0.1, 0.15) is 139 Å². The third-order valence-electron chi connectivity index (χ3n) is 10.3. The van der Waals surface area contributed by atoms with Crippen molar-refractivity contribution in [2.45, 2.75) is 141 Å². The van der Waals surface area contributed by atoms with E-state index in [9.17, 15) is 10.1 Å². The Hall–Kier alpha value is -2.78. The minimum Gasteiger partial charge on any atom is -0.488 e. The van der Waals surface area contributed by atoms with Gasteiger partial charge in [0.25, 0.3) is 0 Å². The highest BCUT2D eigenvalue weighted by molar-refractivity contribution is 5.85. The molecule has 0 saturated carbocycles. The molecule has 0 amide bonds. The summed E-state index contributed by atoms with van der Waals surface area (Å²) in [7, 11) is 0. The zero-order valence-electron chi connectivity index (χ0n) is 30.7. The molecule has 0 spiro atoms. The van der Waals surface area contributed by atoms with Gasteiger partial charge in [0.15, 0.2) is 5.75 Å². The number of nitrogens with zero attached hydrogens (tertiary/aromatic N) is 3. The number of aromatic nitrogens is 1. The summed E-state index contributed by atoms with van der Waals surface area (Å²) in [5.41, 5.74) is 2.81. The molecule has 1 fully saturated rings. The fourth-order valence-corrected chi connectivity index (χ4v) is 7.14. The average molecular weight is 725 g/mol. The van der Waals surface area contributed by atoms with Crippen LogP contribution in [-0.4, -0.2) is 29.2 Å². The maximum Gasteiger partial charge on any atom is 0.223 e. The van der Waals surface area contributed by atoms with E-state index < -0.39 is 5.41 Å². The monoisotopic (exact) mass is 723 g/mol. The van der Waals surface area contributed by atoms with E-state index in [1.165, 1.54) is 95.5 Å². The molecule has 2 heterocycles. The lowest BCUT2D eigenvalue weighted by molar-refractivity contribution is 0.175. The van der Waals surface area contributed by atoms with Gasteiger partial charge in [0, 0.05) is 37.9 Å². The third kappa shape index (κ3) is 14.8. The van der Waals surface area contributed by atoms with E-state index in [4.69, 9.17) is 4.74 Å². The summed E-state index contributed by atoms with van der Waals surface area (Å²) in [5, 5.41) is 10.1. The standard InChI is InChI=1S/C43H61N3O2.2ClH/c1-2-3-4-5-6-7-8-9-10-11-12-13-14-15-16-23-32-48-42-36-46(34-38-24-19-17-20-25-38)40(33-41(42)47)35-45-30-28-43(37-44,29-31-45)39-26-21-18-22-27-39;;/h17-22,24-27,33,36H,2-16,23,28-32,34-35H2,1H3;2*1H. The van der Waals surface area contributed by atoms with Crippen LogP contribution in [0.15, 0.2) is 77.7 Å². The highest BCUT2D eigenvalue weighted by Gasteiger charge is 2.36. The second kappa shape index (κ2) is 25.2. The highest BCUT2D eigenvalue weighted by Crippen LogP contribution is 2.35. The van der Waals surface area contributed by atoms with Gasteiger partial charge >= 0.3 is 0 Å². The molecular weight excluding hydrogens is 661 g/mol. The molecule has 5 nitrogen and oxygen atoms in total. The van der Waals surface area contributed by atoms with Crippen LogP contribution in [0.25, 0.3) is 0 Å². The van der Waals surface area contributed by atoms with Crippen LogP contribution < -0.4 is 10.2 Å². The molecule has 276 valence electrons. The van der Waals surface area contributed by atoms with Crippen molar-refractivity contribution in [1.82, 2.24) is 9.47 Å². The van der Waals surface area contributed by atoms with Crippen LogP contribution in [-0.2, 0) is 18.5 Å². The highest BCUT2D eigenvalue weighted by atomic mass is 35.5. The van der Waals surface area contributed by atoms with E-state index in [0.717, 1.165) is 50.0 Å². The van der Waals surface area contributed by atoms with Gasteiger partial charge in [-0.3, -0.25) is 9.69 Å². The minimum absolute atomic E-state index is 0. The number of nitriles is 1. The topological polar surface area (TPSA) is 58.3 Å². The summed E-state index contributed by atoms with van der Waals surface area (Å²) in [4.78, 5) is 15.6. The number of likely N-dealkylation sites (tertiary alicyclic amines) is 1. The maximum absolute atomic E-state index is 13.2. The number of rotatable bonds is 23. The smallest absolute Gasteiger partial charge is 0.223 e. The molecule has 1 saturated heterocycles. The second-order valence-corrected chi connectivity index (χ2v) is 14.1. The van der Waals surface area contributed by atoms with Crippen molar-refractivity contribution in [3.05, 3.63) is 100.0 Å². The van der Waals surface area contributed by atoms with Gasteiger partial charge in [-0.15, -0.1) is 24.8 Å². The van der Waals surface area contributed by atoms with Crippen molar-refractivity contribution in [3.8, 4) is 11.8 Å². The summed E-state index contributed by atoms with van der Waals surface area (Å²) >= 11 is 0. The molecule has 7 heteroatoms. The van der Waals surface area contributed by atoms with Crippen LogP contribution in [0, 0.1) is 11.3 Å². The van der Waals surface area contributed by atoms with Gasteiger partial charge in [0.05, 0.1) is 24.3 Å². The van der Waals surface area contributed by atoms with Crippen LogP contribution in [0.3, 0.4) is 0 Å². The molecule has 50 heavy (non-hydrogen) atoms. The Bertz CT molecular complexity index is 1400. The van der Waals surface area contributed by atoms with E-state index in [1.54, 1.807) is 6.07 Å². The van der Waals surface area contributed by atoms with Gasteiger partial charge in [-0.1, -0.05) is 164 Å². The number of benzene rings is 2. The van der Waals surface area contributed by atoms with Gasteiger partial charge in [-0.25, -0.2) is 0 Å². The first-order valence-corrected chi connectivity index (χ1v) is 19.2. The summed E-state index contributed by atoms with van der Waals surface area (Å²) in [6.07, 6.45) is 24.9. The molecule has 1 aliphatic rings. The van der Waals surface area contributed by atoms with Crippen LogP contribution in [0.2, 0.25) is 0 Å². The van der Waals surface area contributed by atoms with Gasteiger partial charge in [-0.05, 0) is 30.4 Å². The van der Waals surface area contributed by atoms with E-state index in [-0.39, 0.29) is 30.2 Å². The summed E-state index contributed by atoms with van der Waals surface area (Å²) in [6.45, 7) is 5.87. The fraction of sp³-hybridized carbons (Fsp3) is 0.581. The molecule has 0 bridgehead atoms. The number of hydrogen-bond donors (Lipinski definition) is 0. The number of unbranched alkanes of at least 4 members (excludes halogenated alkanes) is 15. The Morgan fingerprint density at radius 1 is 0.700 bits per heavy atom. The fourth-order valence-electron chi connectivity index (χ4n) is 7.14. The van der Waals surface area contributed by atoms with Crippen molar-refractivity contribution < 1.29 is 4.74 Å². The molecule has 2 aromatic carbocycles. The largest absolute Gasteiger partial charge is 0.488 e. The quantitative estimate of drug-likeness (QED) is 0.0914. The van der Waals surface area contributed by atoms with E-state index in [0.29, 0.717) is 25.4 Å². The first kappa shape index (κ1) is 43.4. The normalized spacial score (nSPS) is 13.9. The lowest BCUT2D eigenvalue weighted by Gasteiger charge is -2.38. The predicted molar refractivity (Wildman–Crippen MR) is 214 cm³/mol. The number of hydrogen-bond acceptors (Lipinski definition) is 4. The maximum atomic E-state index is 13.2. The number of ether oxygens (including phenoxy) is 1. The third-order valence-corrected chi connectivity index (χ3v) is 10.3. The molecule has 0 unspecified atom stereocenters. The van der Waals surface area contributed by atoms with Gasteiger partial charge in [0.1, 0.15) is 0 Å². The Labute approximate surface area is 315 Å². The molecule has 0 radical (unpaired) electrons. The first-order chi connectivity index (χ1) is 23.6. The van der Waals surface area contributed by atoms with Crippen molar-refractivity contribution in [2.75, 3.05) is 19.7 Å². The van der Waals surface area contributed by atoms with Crippen LogP contribution in [0.5, 0.6) is 5.75 Å². The molecule has 0 atom stereocenters. The average Bonchev–Trinajstić information content (AvgIpc) is 3.12. The number of pyridine rings is 1. The lowest BCUT2D eigenvalue weighted by atomic mass is 9.74. The lowest BCUT2D eigenvalue weighted by Crippen LogP contribution is -2.42. The molecule has 0 N–H and O–H groups in total. The van der Waals surface area contributed by atoms with Crippen LogP contribution >= 0.6 is 24.8 Å². The molecule has 0 aliphatic carbocycles. The summed E-state index contributed by atoms with van der Waals surface area (Å²) in [5.74, 6) is 0.446. The van der Waals surface area contributed by atoms with Crippen LogP contribution in [0.4, 0.5) is 0 Å². The van der Waals surface area contributed by atoms with Crippen molar-refractivity contribution in [1.29, 1.82) is 5.26 Å². The van der Waals surface area contributed by atoms with Gasteiger partial charge in [-0.2, -0.15) is 5.26 Å². The second-order valence-electron chi connectivity index (χ2n) is 14.1. The number of piperidine rings is 1. The molecule has 3 aromatic rings. The first-order valence-electron chi connectivity index (χ1n) is 19.2. The molecule has 1 aliphatic heterocycles. The Morgan fingerprint density at radius 2 is 1.20 bits per heavy atom. The zero-order chi connectivity index (χ0) is 33.7. The molecule has 4 rings (SSSR count). The van der Waals surface area contributed by atoms with E-state index in [1.807, 2.05) is 30.5 Å². The molecule has 1 aromatic heterocycles. The van der Waals surface area contributed by atoms with E-state index >= 15 is 0 Å².